The third kappa shape index (κ3) is 2.84. The van der Waals surface area contributed by atoms with Crippen molar-refractivity contribution in [2.45, 2.75) is 25.9 Å². The Labute approximate surface area is 77.4 Å². The maximum absolute atomic E-state index is 8.43. The predicted octanol–water partition coefficient (Wildman–Crippen LogP) is 0.207. The molecule has 0 bridgehead atoms. The van der Waals surface area contributed by atoms with Crippen molar-refractivity contribution in [2.24, 2.45) is 7.05 Å². The summed E-state index contributed by atoms with van der Waals surface area (Å²) in [5.74, 6) is 0.879. The van der Waals surface area contributed by atoms with Gasteiger partial charge in [0.05, 0.1) is 19.0 Å². The maximum atomic E-state index is 8.43. The zero-order valence-electron chi connectivity index (χ0n) is 7.86. The van der Waals surface area contributed by atoms with E-state index >= 15 is 0 Å². The maximum Gasteiger partial charge on any atom is 0.146 e. The largest absolute Gasteiger partial charge is 0.320 e. The minimum Gasteiger partial charge on any atom is -0.320 e. The number of aromatic nitrogens is 3. The van der Waals surface area contributed by atoms with E-state index in [1.807, 2.05) is 18.5 Å². The molecule has 1 aromatic rings. The Hall–Kier alpha value is -1.41. The Morgan fingerprint density at radius 2 is 2.54 bits per heavy atom. The van der Waals surface area contributed by atoms with E-state index in [9.17, 15) is 0 Å². The van der Waals surface area contributed by atoms with Crippen LogP contribution in [-0.4, -0.2) is 20.8 Å². The second-order valence-corrected chi connectivity index (χ2v) is 3.00. The molecule has 0 radical (unpaired) electrons. The molecule has 0 aliphatic carbocycles. The standard InChI is InChI=1S/C8H13N5/c1-7(3-4-9)10-5-8-12-11-6-13(8)2/h6-7,10H,3,5H2,1-2H3. The van der Waals surface area contributed by atoms with Crippen molar-refractivity contribution in [2.75, 3.05) is 0 Å². The highest BCUT2D eigenvalue weighted by molar-refractivity contribution is 4.85. The molecule has 0 saturated carbocycles. The average molecular weight is 179 g/mol. The van der Waals surface area contributed by atoms with Crippen LogP contribution in [0.3, 0.4) is 0 Å². The van der Waals surface area contributed by atoms with Gasteiger partial charge < -0.3 is 9.88 Å². The van der Waals surface area contributed by atoms with Gasteiger partial charge in [-0.05, 0) is 6.92 Å². The highest BCUT2D eigenvalue weighted by Gasteiger charge is 2.03. The first kappa shape index (κ1) is 9.68. The van der Waals surface area contributed by atoms with Crippen LogP contribution in [0.2, 0.25) is 0 Å². The number of hydrogen-bond donors (Lipinski definition) is 1. The fraction of sp³-hybridized carbons (Fsp3) is 0.625. The van der Waals surface area contributed by atoms with Crippen molar-refractivity contribution in [3.05, 3.63) is 12.2 Å². The number of rotatable bonds is 4. The third-order valence-electron chi connectivity index (χ3n) is 1.81. The Kier molecular flexibility index (Phi) is 3.41. The smallest absolute Gasteiger partial charge is 0.146 e. The minimum atomic E-state index is 0.196. The molecule has 1 rings (SSSR count). The fourth-order valence-electron chi connectivity index (χ4n) is 0.942. The number of hydrogen-bond acceptors (Lipinski definition) is 4. The molecule has 0 saturated heterocycles. The van der Waals surface area contributed by atoms with E-state index in [4.69, 9.17) is 5.26 Å². The van der Waals surface area contributed by atoms with Gasteiger partial charge in [0.2, 0.25) is 0 Å². The molecule has 0 aromatic carbocycles. The first-order chi connectivity index (χ1) is 6.24. The van der Waals surface area contributed by atoms with Crippen molar-refractivity contribution >= 4 is 0 Å². The molecule has 0 spiro atoms. The van der Waals surface area contributed by atoms with Crippen LogP contribution in [0.15, 0.2) is 6.33 Å². The van der Waals surface area contributed by atoms with Crippen molar-refractivity contribution in [1.29, 1.82) is 5.26 Å². The monoisotopic (exact) mass is 179 g/mol. The van der Waals surface area contributed by atoms with Crippen LogP contribution >= 0.6 is 0 Å². The Morgan fingerprint density at radius 1 is 1.77 bits per heavy atom. The zero-order chi connectivity index (χ0) is 9.68. The molecule has 70 valence electrons. The summed E-state index contributed by atoms with van der Waals surface area (Å²) in [5.41, 5.74) is 0. The van der Waals surface area contributed by atoms with Gasteiger partial charge in [-0.25, -0.2) is 0 Å². The normalized spacial score (nSPS) is 12.4. The SMILES string of the molecule is CC(CC#N)NCc1nncn1C. The third-order valence-corrected chi connectivity index (χ3v) is 1.81. The van der Waals surface area contributed by atoms with Gasteiger partial charge in [-0.1, -0.05) is 0 Å². The van der Waals surface area contributed by atoms with E-state index in [1.165, 1.54) is 0 Å². The predicted molar refractivity (Wildman–Crippen MR) is 47.5 cm³/mol. The molecule has 0 fully saturated rings. The van der Waals surface area contributed by atoms with E-state index in [1.54, 1.807) is 6.33 Å². The van der Waals surface area contributed by atoms with Crippen molar-refractivity contribution in [3.8, 4) is 6.07 Å². The molecule has 1 atom stereocenters. The minimum absolute atomic E-state index is 0.196. The van der Waals surface area contributed by atoms with Crippen LogP contribution in [0.4, 0.5) is 0 Å². The fourth-order valence-corrected chi connectivity index (χ4v) is 0.942. The molecule has 13 heavy (non-hydrogen) atoms. The highest BCUT2D eigenvalue weighted by atomic mass is 15.3. The van der Waals surface area contributed by atoms with Gasteiger partial charge >= 0.3 is 0 Å². The molecule has 0 amide bonds. The molecular weight excluding hydrogens is 166 g/mol. The van der Waals surface area contributed by atoms with Crippen molar-refractivity contribution < 1.29 is 0 Å². The first-order valence-electron chi connectivity index (χ1n) is 4.17. The Balaban J connectivity index is 2.36. The summed E-state index contributed by atoms with van der Waals surface area (Å²) in [6.45, 7) is 2.62. The van der Waals surface area contributed by atoms with E-state index in [0.29, 0.717) is 13.0 Å². The lowest BCUT2D eigenvalue weighted by Crippen LogP contribution is -2.26. The van der Waals surface area contributed by atoms with Crippen molar-refractivity contribution in [1.82, 2.24) is 20.1 Å². The average Bonchev–Trinajstić information content (AvgIpc) is 2.48. The molecule has 5 nitrogen and oxygen atoms in total. The summed E-state index contributed by atoms with van der Waals surface area (Å²) in [6, 6.07) is 2.30. The van der Waals surface area contributed by atoms with Gasteiger partial charge in [0.15, 0.2) is 0 Å². The lowest BCUT2D eigenvalue weighted by molar-refractivity contribution is 0.535. The van der Waals surface area contributed by atoms with Gasteiger partial charge in [0.1, 0.15) is 12.2 Å². The second-order valence-electron chi connectivity index (χ2n) is 3.00. The highest BCUT2D eigenvalue weighted by Crippen LogP contribution is 1.93. The summed E-state index contributed by atoms with van der Waals surface area (Å²) in [5, 5.41) is 19.3. The lowest BCUT2D eigenvalue weighted by Gasteiger charge is -2.08. The zero-order valence-corrected chi connectivity index (χ0v) is 7.86. The number of nitrogens with one attached hydrogen (secondary N) is 1. The van der Waals surface area contributed by atoms with Crippen molar-refractivity contribution in [3.63, 3.8) is 0 Å². The summed E-state index contributed by atoms with van der Waals surface area (Å²) >= 11 is 0. The van der Waals surface area contributed by atoms with E-state index in [2.05, 4.69) is 21.6 Å². The van der Waals surface area contributed by atoms with Crippen LogP contribution in [0.5, 0.6) is 0 Å². The number of nitrogens with zero attached hydrogens (tertiary/aromatic N) is 4. The summed E-state index contributed by atoms with van der Waals surface area (Å²) < 4.78 is 1.85. The molecule has 0 aliphatic rings. The summed E-state index contributed by atoms with van der Waals surface area (Å²) in [7, 11) is 1.89. The molecular formula is C8H13N5. The second kappa shape index (κ2) is 4.58. The van der Waals surface area contributed by atoms with Crippen LogP contribution in [-0.2, 0) is 13.6 Å². The quantitative estimate of drug-likeness (QED) is 0.717. The Morgan fingerprint density at radius 3 is 3.08 bits per heavy atom. The van der Waals surface area contributed by atoms with Crippen LogP contribution < -0.4 is 5.32 Å². The number of aryl methyl sites for hydroxylation is 1. The Bertz CT molecular complexity index is 298. The van der Waals surface area contributed by atoms with Gasteiger partial charge in [-0.3, -0.25) is 0 Å². The number of nitriles is 1. The van der Waals surface area contributed by atoms with Crippen LogP contribution in [0.25, 0.3) is 0 Å². The lowest BCUT2D eigenvalue weighted by atomic mass is 10.2. The molecule has 1 unspecified atom stereocenters. The van der Waals surface area contributed by atoms with Crippen LogP contribution in [0, 0.1) is 11.3 Å². The molecule has 1 N–H and O–H groups in total. The molecule has 0 aliphatic heterocycles. The molecule has 1 aromatic heterocycles. The van der Waals surface area contributed by atoms with Gasteiger partial charge in [-0.2, -0.15) is 5.26 Å². The molecule has 1 heterocycles. The van der Waals surface area contributed by atoms with Crippen LogP contribution in [0.1, 0.15) is 19.2 Å². The van der Waals surface area contributed by atoms with E-state index in [0.717, 1.165) is 5.82 Å². The topological polar surface area (TPSA) is 66.5 Å². The summed E-state index contributed by atoms with van der Waals surface area (Å²) in [4.78, 5) is 0. The van der Waals surface area contributed by atoms with Gasteiger partial charge in [-0.15, -0.1) is 10.2 Å². The summed E-state index contributed by atoms with van der Waals surface area (Å²) in [6.07, 6.45) is 2.17. The first-order valence-corrected chi connectivity index (χ1v) is 4.17. The van der Waals surface area contributed by atoms with Gasteiger partial charge in [0.25, 0.3) is 0 Å². The van der Waals surface area contributed by atoms with E-state index < -0.39 is 0 Å². The van der Waals surface area contributed by atoms with E-state index in [-0.39, 0.29) is 6.04 Å². The molecule has 5 heteroatoms. The van der Waals surface area contributed by atoms with Gasteiger partial charge in [0, 0.05) is 13.1 Å².